The molecule has 4 heteroatoms. The van der Waals surface area contributed by atoms with Gasteiger partial charge in [-0.15, -0.1) is 0 Å². The van der Waals surface area contributed by atoms with Crippen molar-refractivity contribution in [1.82, 2.24) is 0 Å². The molecule has 1 rings (SSSR count). The third-order valence-electron chi connectivity index (χ3n) is 2.34. The molecule has 0 bridgehead atoms. The summed E-state index contributed by atoms with van der Waals surface area (Å²) in [6.45, 7) is 2.24. The maximum absolute atomic E-state index is 11.7. The lowest BCUT2D eigenvalue weighted by Crippen LogP contribution is -2.17. The molecule has 1 fully saturated rings. The molecule has 0 spiro atoms. The lowest BCUT2D eigenvalue weighted by Gasteiger charge is -2.28. The van der Waals surface area contributed by atoms with Crippen LogP contribution in [-0.2, 0) is 9.09 Å². The molecule has 0 aromatic rings. The Kier molecular flexibility index (Phi) is 3.76. The van der Waals surface area contributed by atoms with Crippen LogP contribution in [-0.4, -0.2) is 24.2 Å². The fraction of sp³-hybridized carbons (Fsp3) is 1.00. The Bertz CT molecular complexity index is 177. The van der Waals surface area contributed by atoms with Crippen molar-refractivity contribution >= 4 is 7.37 Å². The molecular formula is C8H17O3P. The van der Waals surface area contributed by atoms with Crippen LogP contribution in [0.5, 0.6) is 0 Å². The zero-order valence-corrected chi connectivity index (χ0v) is 8.43. The van der Waals surface area contributed by atoms with Gasteiger partial charge >= 0.3 is 0 Å². The van der Waals surface area contributed by atoms with E-state index in [0.717, 1.165) is 12.8 Å². The SMILES string of the molecule is CCOP(=O)(CO)CC1CCC1. The largest absolute Gasteiger partial charge is 0.386 e. The molecule has 1 atom stereocenters. The summed E-state index contributed by atoms with van der Waals surface area (Å²) in [6, 6.07) is 0. The van der Waals surface area contributed by atoms with Crippen molar-refractivity contribution in [1.29, 1.82) is 0 Å². The molecule has 1 aliphatic rings. The molecule has 0 aliphatic heterocycles. The highest BCUT2D eigenvalue weighted by atomic mass is 31.2. The first-order valence-corrected chi connectivity index (χ1v) is 6.53. The molecule has 1 unspecified atom stereocenters. The molecule has 0 aromatic heterocycles. The van der Waals surface area contributed by atoms with Crippen LogP contribution in [0.4, 0.5) is 0 Å². The molecule has 0 saturated heterocycles. The van der Waals surface area contributed by atoms with Gasteiger partial charge in [0.15, 0.2) is 0 Å². The van der Waals surface area contributed by atoms with Gasteiger partial charge in [0, 0.05) is 6.16 Å². The van der Waals surface area contributed by atoms with Crippen LogP contribution >= 0.6 is 7.37 Å². The molecule has 0 radical (unpaired) electrons. The molecule has 0 amide bonds. The predicted molar refractivity (Wildman–Crippen MR) is 48.5 cm³/mol. The van der Waals surface area contributed by atoms with Gasteiger partial charge in [0.2, 0.25) is 7.37 Å². The predicted octanol–water partition coefficient (Wildman–Crippen LogP) is 2.05. The molecule has 1 aliphatic carbocycles. The van der Waals surface area contributed by atoms with Crippen molar-refractivity contribution in [3.63, 3.8) is 0 Å². The normalized spacial score (nSPS) is 23.2. The molecule has 12 heavy (non-hydrogen) atoms. The summed E-state index contributed by atoms with van der Waals surface area (Å²) < 4.78 is 16.8. The summed E-state index contributed by atoms with van der Waals surface area (Å²) in [5.74, 6) is 0.537. The Morgan fingerprint density at radius 1 is 1.58 bits per heavy atom. The topological polar surface area (TPSA) is 46.5 Å². The summed E-state index contributed by atoms with van der Waals surface area (Å²) in [5.41, 5.74) is 0. The van der Waals surface area contributed by atoms with Gasteiger partial charge in [-0.2, -0.15) is 0 Å². The van der Waals surface area contributed by atoms with Crippen molar-refractivity contribution in [2.75, 3.05) is 19.1 Å². The zero-order valence-electron chi connectivity index (χ0n) is 7.53. The zero-order chi connectivity index (χ0) is 9.03. The van der Waals surface area contributed by atoms with Crippen molar-refractivity contribution < 1.29 is 14.2 Å². The van der Waals surface area contributed by atoms with Crippen LogP contribution in [0, 0.1) is 5.92 Å². The van der Waals surface area contributed by atoms with E-state index in [-0.39, 0.29) is 6.35 Å². The van der Waals surface area contributed by atoms with E-state index < -0.39 is 7.37 Å². The molecule has 3 nitrogen and oxygen atoms in total. The highest BCUT2D eigenvalue weighted by Crippen LogP contribution is 2.50. The van der Waals surface area contributed by atoms with E-state index in [1.54, 1.807) is 0 Å². The van der Waals surface area contributed by atoms with E-state index in [2.05, 4.69) is 0 Å². The number of hydrogen-bond donors (Lipinski definition) is 1. The second kappa shape index (κ2) is 4.40. The smallest absolute Gasteiger partial charge is 0.227 e. The summed E-state index contributed by atoms with van der Waals surface area (Å²) in [5, 5.41) is 8.90. The molecule has 0 aromatic carbocycles. The Morgan fingerprint density at radius 2 is 2.25 bits per heavy atom. The van der Waals surface area contributed by atoms with E-state index in [0.29, 0.717) is 18.7 Å². The van der Waals surface area contributed by atoms with Crippen molar-refractivity contribution in [3.05, 3.63) is 0 Å². The van der Waals surface area contributed by atoms with Gasteiger partial charge in [-0.1, -0.05) is 6.42 Å². The highest BCUT2D eigenvalue weighted by Gasteiger charge is 2.29. The van der Waals surface area contributed by atoms with Crippen molar-refractivity contribution in [3.8, 4) is 0 Å². The van der Waals surface area contributed by atoms with Gasteiger partial charge < -0.3 is 9.63 Å². The fourth-order valence-electron chi connectivity index (χ4n) is 1.46. The van der Waals surface area contributed by atoms with Crippen LogP contribution in [0.1, 0.15) is 26.2 Å². The molecule has 1 saturated carbocycles. The van der Waals surface area contributed by atoms with Crippen LogP contribution < -0.4 is 0 Å². The Balaban J connectivity index is 2.36. The summed E-state index contributed by atoms with van der Waals surface area (Å²) in [6.07, 6.45) is 3.82. The first-order valence-electron chi connectivity index (χ1n) is 4.53. The van der Waals surface area contributed by atoms with Crippen LogP contribution in [0.15, 0.2) is 0 Å². The summed E-state index contributed by atoms with van der Waals surface area (Å²) >= 11 is 0. The van der Waals surface area contributed by atoms with E-state index >= 15 is 0 Å². The fourth-order valence-corrected chi connectivity index (χ4v) is 3.38. The average Bonchev–Trinajstić information content (AvgIpc) is 1.98. The van der Waals surface area contributed by atoms with Crippen LogP contribution in [0.25, 0.3) is 0 Å². The van der Waals surface area contributed by atoms with Crippen LogP contribution in [0.3, 0.4) is 0 Å². The van der Waals surface area contributed by atoms with E-state index in [1.807, 2.05) is 6.92 Å². The Labute approximate surface area is 73.6 Å². The minimum atomic E-state index is -2.67. The van der Waals surface area contributed by atoms with E-state index in [1.165, 1.54) is 6.42 Å². The number of hydrogen-bond acceptors (Lipinski definition) is 3. The highest BCUT2D eigenvalue weighted by molar-refractivity contribution is 7.58. The number of aliphatic hydroxyl groups excluding tert-OH is 1. The minimum absolute atomic E-state index is 0.294. The van der Waals surface area contributed by atoms with Crippen LogP contribution in [0.2, 0.25) is 0 Å². The van der Waals surface area contributed by atoms with Gasteiger partial charge in [-0.3, -0.25) is 4.57 Å². The van der Waals surface area contributed by atoms with E-state index in [4.69, 9.17) is 9.63 Å². The lowest BCUT2D eigenvalue weighted by atomic mass is 9.87. The number of rotatable bonds is 5. The third kappa shape index (κ3) is 2.58. The molecular weight excluding hydrogens is 175 g/mol. The second-order valence-corrected chi connectivity index (χ2v) is 5.89. The van der Waals surface area contributed by atoms with Crippen molar-refractivity contribution in [2.24, 2.45) is 5.92 Å². The van der Waals surface area contributed by atoms with Gasteiger partial charge in [0.1, 0.15) is 6.35 Å². The van der Waals surface area contributed by atoms with E-state index in [9.17, 15) is 4.57 Å². The second-order valence-electron chi connectivity index (χ2n) is 3.35. The monoisotopic (exact) mass is 192 g/mol. The average molecular weight is 192 g/mol. The standard InChI is InChI=1S/C8H17O3P/c1-2-11-12(10,7-9)6-8-4-3-5-8/h8-9H,2-7H2,1H3. The summed E-state index contributed by atoms with van der Waals surface area (Å²) in [7, 11) is -2.67. The van der Waals surface area contributed by atoms with Gasteiger partial charge in [0.25, 0.3) is 0 Å². The van der Waals surface area contributed by atoms with Gasteiger partial charge in [0.05, 0.1) is 6.61 Å². The van der Waals surface area contributed by atoms with Crippen molar-refractivity contribution in [2.45, 2.75) is 26.2 Å². The Hall–Kier alpha value is 0.150. The first-order chi connectivity index (χ1) is 5.70. The first kappa shape index (κ1) is 10.2. The third-order valence-corrected chi connectivity index (χ3v) is 4.57. The molecule has 72 valence electrons. The lowest BCUT2D eigenvalue weighted by molar-refractivity contribution is 0.267. The van der Waals surface area contributed by atoms with Gasteiger partial charge in [-0.25, -0.2) is 0 Å². The Morgan fingerprint density at radius 3 is 2.58 bits per heavy atom. The molecule has 1 N–H and O–H groups in total. The van der Waals surface area contributed by atoms with Gasteiger partial charge in [-0.05, 0) is 25.7 Å². The minimum Gasteiger partial charge on any atom is -0.386 e. The maximum Gasteiger partial charge on any atom is 0.227 e. The quantitative estimate of drug-likeness (QED) is 0.678. The maximum atomic E-state index is 11.7. The molecule has 0 heterocycles. The number of aliphatic hydroxyl groups is 1. The summed E-state index contributed by atoms with van der Waals surface area (Å²) in [4.78, 5) is 0.